The van der Waals surface area contributed by atoms with Gasteiger partial charge in [-0.15, -0.1) is 10.2 Å². The number of hydrogen-bond acceptors (Lipinski definition) is 8. The molecule has 184 valence electrons. The predicted molar refractivity (Wildman–Crippen MR) is 125 cm³/mol. The number of H-pyrrole nitrogens is 1. The van der Waals surface area contributed by atoms with Crippen LogP contribution in [0.25, 0.3) is 0 Å². The van der Waals surface area contributed by atoms with E-state index in [0.29, 0.717) is 17.4 Å². The van der Waals surface area contributed by atoms with Gasteiger partial charge >= 0.3 is 0 Å². The van der Waals surface area contributed by atoms with Crippen LogP contribution in [0.5, 0.6) is 17.4 Å². The second kappa shape index (κ2) is 10.6. The monoisotopic (exact) mass is 492 g/mol. The zero-order chi connectivity index (χ0) is 25.7. The van der Waals surface area contributed by atoms with Gasteiger partial charge < -0.3 is 19.8 Å². The number of nitrogens with one attached hydrogen (secondary N) is 2. The van der Waals surface area contributed by atoms with E-state index in [2.05, 4.69) is 25.5 Å². The first-order chi connectivity index (χ1) is 17.3. The summed E-state index contributed by atoms with van der Waals surface area (Å²) in [6.07, 6.45) is 0.953. The van der Waals surface area contributed by atoms with Gasteiger partial charge in [0.1, 0.15) is 28.7 Å². The third-order valence-electron chi connectivity index (χ3n) is 5.04. The molecule has 11 nitrogen and oxygen atoms in total. The Hall–Kier alpha value is -4.87. The van der Waals surface area contributed by atoms with Crippen LogP contribution in [0.1, 0.15) is 40.6 Å². The van der Waals surface area contributed by atoms with Gasteiger partial charge in [-0.25, -0.2) is 9.37 Å². The van der Waals surface area contributed by atoms with Crippen molar-refractivity contribution in [2.75, 3.05) is 0 Å². The summed E-state index contributed by atoms with van der Waals surface area (Å²) in [4.78, 5) is 30.2. The number of ether oxygens (including phenoxy) is 2. The molecule has 0 saturated carbocycles. The van der Waals surface area contributed by atoms with Crippen molar-refractivity contribution in [3.63, 3.8) is 0 Å². The van der Waals surface area contributed by atoms with E-state index in [1.54, 1.807) is 26.0 Å². The van der Waals surface area contributed by atoms with Crippen molar-refractivity contribution >= 4 is 11.6 Å². The summed E-state index contributed by atoms with van der Waals surface area (Å²) in [5.74, 6) is 0.438. The molecule has 0 bridgehead atoms. The highest BCUT2D eigenvalue weighted by Gasteiger charge is 2.17. The number of non-ortho nitro benzene ring substituents is 1. The SMILES string of the molecule is Cc1nnc(C(C)Oc2ccc(CNC(=O)c3cccnc3Oc3cccc([N+](=O)[O-])c3)c(F)c2)[nH]1. The summed E-state index contributed by atoms with van der Waals surface area (Å²) >= 11 is 0. The maximum absolute atomic E-state index is 14.7. The quantitative estimate of drug-likeness (QED) is 0.258. The first-order valence-electron chi connectivity index (χ1n) is 10.8. The molecule has 4 aromatic rings. The molecule has 2 N–H and O–H groups in total. The third-order valence-corrected chi connectivity index (χ3v) is 5.04. The van der Waals surface area contributed by atoms with Crippen molar-refractivity contribution in [3.05, 3.63) is 99.5 Å². The number of hydrogen-bond donors (Lipinski definition) is 2. The molecule has 0 aliphatic heterocycles. The van der Waals surface area contributed by atoms with Crippen molar-refractivity contribution < 1.29 is 23.6 Å². The van der Waals surface area contributed by atoms with E-state index in [4.69, 9.17) is 9.47 Å². The average molecular weight is 492 g/mol. The van der Waals surface area contributed by atoms with Crippen molar-refractivity contribution in [2.24, 2.45) is 0 Å². The zero-order valence-electron chi connectivity index (χ0n) is 19.3. The molecule has 1 amide bonds. The maximum Gasteiger partial charge on any atom is 0.273 e. The number of aromatic nitrogens is 4. The number of carbonyl (C=O) groups excluding carboxylic acids is 1. The summed E-state index contributed by atoms with van der Waals surface area (Å²) in [7, 11) is 0. The van der Waals surface area contributed by atoms with Crippen LogP contribution in [0.2, 0.25) is 0 Å². The molecule has 2 aromatic heterocycles. The maximum atomic E-state index is 14.7. The van der Waals surface area contributed by atoms with Gasteiger partial charge in [0, 0.05) is 30.4 Å². The van der Waals surface area contributed by atoms with Crippen molar-refractivity contribution in [1.82, 2.24) is 25.5 Å². The molecule has 12 heteroatoms. The normalized spacial score (nSPS) is 11.5. The molecule has 2 aromatic carbocycles. The molecule has 0 aliphatic rings. The van der Waals surface area contributed by atoms with E-state index in [1.807, 2.05) is 0 Å². The largest absolute Gasteiger partial charge is 0.483 e. The molecule has 0 saturated heterocycles. The Bertz CT molecular complexity index is 1410. The number of rotatable bonds is 9. The average Bonchev–Trinajstić information content (AvgIpc) is 3.30. The predicted octanol–water partition coefficient (Wildman–Crippen LogP) is 4.42. The Morgan fingerprint density at radius 2 is 2.00 bits per heavy atom. The van der Waals surface area contributed by atoms with Gasteiger partial charge in [-0.05, 0) is 38.1 Å². The minimum atomic E-state index is -0.562. The van der Waals surface area contributed by atoms with Crippen molar-refractivity contribution in [3.8, 4) is 17.4 Å². The minimum Gasteiger partial charge on any atom is -0.483 e. The molecule has 1 atom stereocenters. The second-order valence-electron chi connectivity index (χ2n) is 7.70. The van der Waals surface area contributed by atoms with Gasteiger partial charge in [0.15, 0.2) is 11.9 Å². The molecule has 0 aliphatic carbocycles. The molecule has 36 heavy (non-hydrogen) atoms. The fraction of sp³-hybridized carbons (Fsp3) is 0.167. The third kappa shape index (κ3) is 5.78. The van der Waals surface area contributed by atoms with Gasteiger partial charge in [-0.1, -0.05) is 12.1 Å². The van der Waals surface area contributed by atoms with Crippen LogP contribution in [-0.2, 0) is 6.54 Å². The van der Waals surface area contributed by atoms with Crippen LogP contribution in [0.4, 0.5) is 10.1 Å². The fourth-order valence-corrected chi connectivity index (χ4v) is 3.24. The summed E-state index contributed by atoms with van der Waals surface area (Å²) in [6.45, 7) is 3.42. The number of carbonyl (C=O) groups is 1. The molecule has 1 unspecified atom stereocenters. The Morgan fingerprint density at radius 1 is 1.17 bits per heavy atom. The summed E-state index contributed by atoms with van der Waals surface area (Å²) in [5.41, 5.74) is 0.159. The lowest BCUT2D eigenvalue weighted by atomic mass is 10.2. The lowest BCUT2D eigenvalue weighted by Gasteiger charge is -2.14. The van der Waals surface area contributed by atoms with E-state index < -0.39 is 22.8 Å². The number of pyridine rings is 1. The van der Waals surface area contributed by atoms with Crippen LogP contribution in [0, 0.1) is 22.9 Å². The van der Waals surface area contributed by atoms with Gasteiger partial charge in [-0.3, -0.25) is 14.9 Å². The van der Waals surface area contributed by atoms with Gasteiger partial charge in [0.25, 0.3) is 11.6 Å². The Labute approximate surface area is 204 Å². The molecular formula is C24H21FN6O5. The van der Waals surface area contributed by atoms with E-state index >= 15 is 0 Å². The molecule has 0 spiro atoms. The second-order valence-corrected chi connectivity index (χ2v) is 7.70. The molecule has 0 fully saturated rings. The number of aromatic amines is 1. The van der Waals surface area contributed by atoms with Gasteiger partial charge in [0.2, 0.25) is 5.88 Å². The first-order valence-corrected chi connectivity index (χ1v) is 10.8. The van der Waals surface area contributed by atoms with Crippen LogP contribution in [0.3, 0.4) is 0 Å². The Morgan fingerprint density at radius 3 is 2.72 bits per heavy atom. The van der Waals surface area contributed by atoms with Crippen molar-refractivity contribution in [2.45, 2.75) is 26.5 Å². The summed E-state index contributed by atoms with van der Waals surface area (Å²) in [5, 5.41) is 21.5. The highest BCUT2D eigenvalue weighted by molar-refractivity contribution is 5.96. The number of halogens is 1. The first kappa shape index (κ1) is 24.3. The van der Waals surface area contributed by atoms with Gasteiger partial charge in [0.05, 0.1) is 11.0 Å². The van der Waals surface area contributed by atoms with E-state index in [9.17, 15) is 19.3 Å². The summed E-state index contributed by atoms with van der Waals surface area (Å²) in [6, 6.07) is 12.8. The van der Waals surface area contributed by atoms with Crippen LogP contribution < -0.4 is 14.8 Å². The van der Waals surface area contributed by atoms with E-state index in [-0.39, 0.29) is 35.0 Å². The zero-order valence-corrected chi connectivity index (χ0v) is 19.3. The number of nitro groups is 1. The van der Waals surface area contributed by atoms with E-state index in [1.165, 1.54) is 48.7 Å². The lowest BCUT2D eigenvalue weighted by molar-refractivity contribution is -0.384. The van der Waals surface area contributed by atoms with Crippen molar-refractivity contribution in [1.29, 1.82) is 0 Å². The molecule has 0 radical (unpaired) electrons. The fourth-order valence-electron chi connectivity index (χ4n) is 3.24. The van der Waals surface area contributed by atoms with Crippen LogP contribution in [0.15, 0.2) is 60.8 Å². The smallest absolute Gasteiger partial charge is 0.273 e. The minimum absolute atomic E-state index is 0.0450. The van der Waals surface area contributed by atoms with Gasteiger partial charge in [-0.2, -0.15) is 0 Å². The molecule has 2 heterocycles. The number of nitrogens with zero attached hydrogens (tertiary/aromatic N) is 4. The Kier molecular flexibility index (Phi) is 7.14. The standard InChI is InChI=1S/C24H21FN6O5/c1-14(22-28-15(2)29-30-22)35-19-9-8-16(21(25)12-19)13-27-23(32)20-7-4-10-26-24(20)36-18-6-3-5-17(11-18)31(33)34/h3-12,14H,13H2,1-2H3,(H,27,32)(H,28,29,30). The summed E-state index contributed by atoms with van der Waals surface area (Å²) < 4.78 is 26.0. The number of benzene rings is 2. The lowest BCUT2D eigenvalue weighted by Crippen LogP contribution is -2.24. The van der Waals surface area contributed by atoms with E-state index in [0.717, 1.165) is 0 Å². The number of nitro benzene ring substituents is 1. The Balaban J connectivity index is 1.41. The number of amides is 1. The highest BCUT2D eigenvalue weighted by Crippen LogP contribution is 2.26. The number of aryl methyl sites for hydroxylation is 1. The topological polar surface area (TPSA) is 145 Å². The van der Waals surface area contributed by atoms with Crippen LogP contribution >= 0.6 is 0 Å². The highest BCUT2D eigenvalue weighted by atomic mass is 19.1. The molecule has 4 rings (SSSR count). The van der Waals surface area contributed by atoms with Crippen LogP contribution in [-0.4, -0.2) is 31.0 Å². The molecular weight excluding hydrogens is 471 g/mol.